The molecule has 0 spiro atoms. The second kappa shape index (κ2) is 4.65. The summed E-state index contributed by atoms with van der Waals surface area (Å²) in [6.45, 7) is 6.18. The number of benzene rings is 1. The molecule has 0 N–H and O–H groups in total. The largest absolute Gasteiger partial charge is 0.298 e. The number of rotatable bonds is 3. The zero-order valence-corrected chi connectivity index (χ0v) is 9.78. The highest BCUT2D eigenvalue weighted by Gasteiger charge is 2.30. The van der Waals surface area contributed by atoms with Crippen LogP contribution in [0.15, 0.2) is 36.4 Å². The quantitative estimate of drug-likeness (QED) is 0.550. The number of hydrogen-bond donors (Lipinski definition) is 0. The van der Waals surface area contributed by atoms with E-state index in [-0.39, 0.29) is 0 Å². The van der Waals surface area contributed by atoms with E-state index >= 15 is 0 Å². The van der Waals surface area contributed by atoms with E-state index in [1.54, 1.807) is 0 Å². The zero-order valence-electron chi connectivity index (χ0n) is 9.78. The molecule has 1 aromatic rings. The maximum atomic E-state index is 11.0. The van der Waals surface area contributed by atoms with Gasteiger partial charge >= 0.3 is 0 Å². The molecule has 1 aromatic carbocycles. The third kappa shape index (κ3) is 1.95. The predicted molar refractivity (Wildman–Crippen MR) is 66.7 cm³/mol. The first kappa shape index (κ1) is 11.1. The molecule has 2 atom stereocenters. The summed E-state index contributed by atoms with van der Waals surface area (Å²) in [6.07, 6.45) is 4.62. The molecule has 0 saturated heterocycles. The van der Waals surface area contributed by atoms with Crippen molar-refractivity contribution >= 4 is 6.29 Å². The molecule has 0 aliphatic heterocycles. The molecule has 0 radical (unpaired) electrons. The average molecular weight is 214 g/mol. The Kier molecular flexibility index (Phi) is 3.23. The van der Waals surface area contributed by atoms with Gasteiger partial charge in [-0.05, 0) is 37.2 Å². The number of aldehydes is 1. The van der Waals surface area contributed by atoms with Crippen LogP contribution < -0.4 is 0 Å². The lowest BCUT2D eigenvalue weighted by molar-refractivity contribution is 0.112. The maximum Gasteiger partial charge on any atom is 0.150 e. The van der Waals surface area contributed by atoms with Crippen molar-refractivity contribution in [3.8, 4) is 0 Å². The van der Waals surface area contributed by atoms with Gasteiger partial charge in [0.15, 0.2) is 0 Å². The Labute approximate surface area is 97.2 Å². The topological polar surface area (TPSA) is 17.1 Å². The number of carbonyl (C=O) groups is 1. The molecule has 0 heterocycles. The molecular weight excluding hydrogens is 196 g/mol. The third-order valence-corrected chi connectivity index (χ3v) is 3.67. The average Bonchev–Trinajstić information content (AvgIpc) is 2.77. The minimum Gasteiger partial charge on any atom is -0.298 e. The summed E-state index contributed by atoms with van der Waals surface area (Å²) in [5, 5.41) is 0. The van der Waals surface area contributed by atoms with Crippen molar-refractivity contribution in [1.29, 1.82) is 0 Å². The van der Waals surface area contributed by atoms with E-state index in [0.717, 1.165) is 11.8 Å². The first-order valence-corrected chi connectivity index (χ1v) is 5.93. The molecule has 1 heteroatoms. The standard InChI is InChI=1S/C15H18O/c1-11(2)13-8-5-9-15(13)14-7-4-3-6-12(14)10-16/h3-4,6-7,10,13,15H,1,5,8-9H2,2H3/t13-,15+/m1/s1. The Balaban J connectivity index is 2.36. The van der Waals surface area contributed by atoms with E-state index in [1.165, 1.54) is 30.4 Å². The van der Waals surface area contributed by atoms with Crippen LogP contribution in [0.2, 0.25) is 0 Å². The molecular formula is C15H18O. The Bertz CT molecular complexity index is 406. The van der Waals surface area contributed by atoms with E-state index in [2.05, 4.69) is 19.6 Å². The summed E-state index contributed by atoms with van der Waals surface area (Å²) in [5.41, 5.74) is 3.31. The summed E-state index contributed by atoms with van der Waals surface area (Å²) in [4.78, 5) is 11.0. The second-order valence-electron chi connectivity index (χ2n) is 4.74. The van der Waals surface area contributed by atoms with E-state index in [9.17, 15) is 4.79 Å². The van der Waals surface area contributed by atoms with Crippen LogP contribution in [0.5, 0.6) is 0 Å². The van der Waals surface area contributed by atoms with Crippen LogP contribution in [0.25, 0.3) is 0 Å². The van der Waals surface area contributed by atoms with Crippen LogP contribution >= 0.6 is 0 Å². The van der Waals surface area contributed by atoms with Gasteiger partial charge in [-0.1, -0.05) is 42.8 Å². The number of hydrogen-bond acceptors (Lipinski definition) is 1. The smallest absolute Gasteiger partial charge is 0.150 e. The van der Waals surface area contributed by atoms with Gasteiger partial charge in [0, 0.05) is 5.56 Å². The summed E-state index contributed by atoms with van der Waals surface area (Å²) in [5.74, 6) is 1.06. The van der Waals surface area contributed by atoms with Crippen molar-refractivity contribution in [3.63, 3.8) is 0 Å². The summed E-state index contributed by atoms with van der Waals surface area (Å²) >= 11 is 0. The Morgan fingerprint density at radius 1 is 1.38 bits per heavy atom. The van der Waals surface area contributed by atoms with Gasteiger partial charge in [-0.25, -0.2) is 0 Å². The Morgan fingerprint density at radius 2 is 2.12 bits per heavy atom. The van der Waals surface area contributed by atoms with Gasteiger partial charge in [0.1, 0.15) is 6.29 Å². The van der Waals surface area contributed by atoms with Crippen LogP contribution in [0.3, 0.4) is 0 Å². The molecule has 1 nitrogen and oxygen atoms in total. The van der Waals surface area contributed by atoms with Crippen LogP contribution in [0, 0.1) is 5.92 Å². The maximum absolute atomic E-state index is 11.0. The predicted octanol–water partition coefficient (Wildman–Crippen LogP) is 3.96. The summed E-state index contributed by atoms with van der Waals surface area (Å²) in [7, 11) is 0. The van der Waals surface area contributed by atoms with Crippen molar-refractivity contribution in [2.75, 3.05) is 0 Å². The molecule has 1 saturated carbocycles. The first-order valence-electron chi connectivity index (χ1n) is 5.93. The summed E-state index contributed by atoms with van der Waals surface area (Å²) in [6, 6.07) is 7.96. The molecule has 0 aromatic heterocycles. The van der Waals surface area contributed by atoms with Crippen molar-refractivity contribution in [1.82, 2.24) is 0 Å². The van der Waals surface area contributed by atoms with Gasteiger partial charge in [0.2, 0.25) is 0 Å². The Morgan fingerprint density at radius 3 is 2.81 bits per heavy atom. The highest BCUT2D eigenvalue weighted by molar-refractivity contribution is 5.77. The highest BCUT2D eigenvalue weighted by atomic mass is 16.1. The van der Waals surface area contributed by atoms with Gasteiger partial charge in [0.25, 0.3) is 0 Å². The molecule has 1 aliphatic carbocycles. The lowest BCUT2D eigenvalue weighted by atomic mass is 9.83. The van der Waals surface area contributed by atoms with Gasteiger partial charge < -0.3 is 0 Å². The molecule has 1 fully saturated rings. The zero-order chi connectivity index (χ0) is 11.5. The normalized spacial score (nSPS) is 24.3. The lowest BCUT2D eigenvalue weighted by Gasteiger charge is -2.21. The van der Waals surface area contributed by atoms with Crippen molar-refractivity contribution in [2.24, 2.45) is 5.92 Å². The van der Waals surface area contributed by atoms with Gasteiger partial charge in [-0.3, -0.25) is 4.79 Å². The highest BCUT2D eigenvalue weighted by Crippen LogP contribution is 2.43. The monoisotopic (exact) mass is 214 g/mol. The van der Waals surface area contributed by atoms with Crippen LogP contribution in [0.1, 0.15) is 48.0 Å². The van der Waals surface area contributed by atoms with Gasteiger partial charge in [0.05, 0.1) is 0 Å². The van der Waals surface area contributed by atoms with E-state index in [1.807, 2.05) is 18.2 Å². The molecule has 0 unspecified atom stereocenters. The van der Waals surface area contributed by atoms with Crippen molar-refractivity contribution in [2.45, 2.75) is 32.1 Å². The second-order valence-corrected chi connectivity index (χ2v) is 4.74. The first-order chi connectivity index (χ1) is 7.74. The molecule has 2 rings (SSSR count). The van der Waals surface area contributed by atoms with Gasteiger partial charge in [-0.2, -0.15) is 0 Å². The fraction of sp³-hybridized carbons (Fsp3) is 0.400. The SMILES string of the molecule is C=C(C)[C@H]1CCC[C@@H]1c1ccccc1C=O. The third-order valence-electron chi connectivity index (χ3n) is 3.67. The van der Waals surface area contributed by atoms with E-state index in [4.69, 9.17) is 0 Å². The minimum atomic E-state index is 0.499. The minimum absolute atomic E-state index is 0.499. The number of carbonyl (C=O) groups excluding carboxylic acids is 1. The van der Waals surface area contributed by atoms with Crippen LogP contribution in [-0.4, -0.2) is 6.29 Å². The molecule has 0 bridgehead atoms. The van der Waals surface area contributed by atoms with Crippen molar-refractivity contribution < 1.29 is 4.79 Å². The fourth-order valence-corrected chi connectivity index (χ4v) is 2.88. The van der Waals surface area contributed by atoms with Crippen LogP contribution in [0.4, 0.5) is 0 Å². The lowest BCUT2D eigenvalue weighted by Crippen LogP contribution is -2.09. The van der Waals surface area contributed by atoms with Gasteiger partial charge in [-0.15, -0.1) is 0 Å². The van der Waals surface area contributed by atoms with Crippen LogP contribution in [-0.2, 0) is 0 Å². The molecule has 16 heavy (non-hydrogen) atoms. The van der Waals surface area contributed by atoms with E-state index in [0.29, 0.717) is 11.8 Å². The fourth-order valence-electron chi connectivity index (χ4n) is 2.88. The van der Waals surface area contributed by atoms with Crippen molar-refractivity contribution in [3.05, 3.63) is 47.5 Å². The molecule has 1 aliphatic rings. The Hall–Kier alpha value is -1.37. The molecule has 0 amide bonds. The summed E-state index contributed by atoms with van der Waals surface area (Å²) < 4.78 is 0. The van der Waals surface area contributed by atoms with E-state index < -0.39 is 0 Å². The molecule has 84 valence electrons. The number of allylic oxidation sites excluding steroid dienone is 1.